The van der Waals surface area contributed by atoms with E-state index in [4.69, 9.17) is 21.3 Å². The third kappa shape index (κ3) is 27.7. The molecule has 0 heterocycles. The Bertz CT molecular complexity index is 3230. The Morgan fingerprint density at radius 3 is 0.758 bits per heavy atom. The van der Waals surface area contributed by atoms with Crippen molar-refractivity contribution in [2.75, 3.05) is 39.5 Å². The van der Waals surface area contributed by atoms with Gasteiger partial charge in [0.2, 0.25) is 17.7 Å². The largest absolute Gasteiger partial charge is 0.462 e. The lowest BCUT2D eigenvalue weighted by Crippen LogP contribution is -2.38. The molecular formula is C66H90F12N12O9. The van der Waals surface area contributed by atoms with Gasteiger partial charge in [-0.15, -0.1) is 0 Å². The fraction of sp³-hybridized carbons (Fsp3) is 0.636. The highest BCUT2D eigenvalue weighted by Gasteiger charge is 2.36. The molecule has 21 nitrogen and oxygen atoms in total. The van der Waals surface area contributed by atoms with Crippen LogP contribution in [0.15, 0.2) is 15.3 Å². The fourth-order valence-electron chi connectivity index (χ4n) is 11.4. The molecule has 3 rings (SSSR count). The van der Waals surface area contributed by atoms with Crippen LogP contribution in [0.2, 0.25) is 0 Å². The second-order valence-corrected chi connectivity index (χ2v) is 27.6. The Balaban J connectivity index is 0.000000744. The Morgan fingerprint density at radius 1 is 0.354 bits per heavy atom. The molecule has 0 aliphatic heterocycles. The number of nitrogens with zero attached hydrogens (tertiary/aromatic N) is 9. The maximum atomic E-state index is 14.0. The highest BCUT2D eigenvalue weighted by molar-refractivity contribution is 5.92. The van der Waals surface area contributed by atoms with Crippen LogP contribution >= 0.6 is 0 Å². The van der Waals surface area contributed by atoms with E-state index in [9.17, 15) is 81.5 Å². The van der Waals surface area contributed by atoms with Crippen molar-refractivity contribution in [3.05, 3.63) is 118 Å². The topological polar surface area (TPSA) is 312 Å². The number of amides is 3. The normalized spacial score (nSPS) is 12.6. The number of azide groups is 3. The van der Waals surface area contributed by atoms with Crippen molar-refractivity contribution in [3.63, 3.8) is 0 Å². The molecule has 3 aromatic rings. The molecule has 3 amide bonds. The molecule has 4 unspecified atom stereocenters. The van der Waals surface area contributed by atoms with Gasteiger partial charge in [0.25, 0.3) is 0 Å². The predicted molar refractivity (Wildman–Crippen MR) is 344 cm³/mol. The molecule has 0 aliphatic carbocycles. The molecule has 0 saturated carbocycles. The van der Waals surface area contributed by atoms with Crippen LogP contribution in [-0.2, 0) is 28.6 Å². The van der Waals surface area contributed by atoms with Crippen LogP contribution in [0.1, 0.15) is 206 Å². The van der Waals surface area contributed by atoms with Gasteiger partial charge in [-0.2, -0.15) is 0 Å². The monoisotopic (exact) mass is 1420 g/mol. The molecule has 0 aromatic heterocycles. The van der Waals surface area contributed by atoms with Crippen LogP contribution in [0.4, 0.5) is 69.7 Å². The molecule has 99 heavy (non-hydrogen) atoms. The number of hydrogen-bond acceptors (Lipinski definition) is 12. The van der Waals surface area contributed by atoms with Crippen molar-refractivity contribution in [2.45, 2.75) is 175 Å². The van der Waals surface area contributed by atoms with Crippen LogP contribution in [0.25, 0.3) is 31.3 Å². The number of rotatable bonds is 35. The van der Waals surface area contributed by atoms with E-state index in [1.165, 1.54) is 0 Å². The molecule has 0 spiro atoms. The summed E-state index contributed by atoms with van der Waals surface area (Å²) in [6.45, 7) is 31.6. The Morgan fingerprint density at radius 2 is 0.556 bits per heavy atom. The average molecular weight is 1420 g/mol. The van der Waals surface area contributed by atoms with Gasteiger partial charge < -0.3 is 30.2 Å². The van der Waals surface area contributed by atoms with E-state index in [2.05, 4.69) is 125 Å². The minimum absolute atomic E-state index is 0.111. The summed E-state index contributed by atoms with van der Waals surface area (Å²) >= 11 is 0. The summed E-state index contributed by atoms with van der Waals surface area (Å²) in [4.78, 5) is 79.4. The lowest BCUT2D eigenvalue weighted by atomic mass is 9.78. The van der Waals surface area contributed by atoms with Crippen molar-refractivity contribution in [1.82, 2.24) is 16.0 Å². The van der Waals surface area contributed by atoms with Gasteiger partial charge in [0.15, 0.2) is 69.8 Å². The average Bonchev–Trinajstić information content (AvgIpc) is 0.796. The number of carbonyl (C=O) groups is 6. The number of benzene rings is 3. The van der Waals surface area contributed by atoms with Crippen LogP contribution in [0.3, 0.4) is 0 Å². The predicted octanol–water partition coefficient (Wildman–Crippen LogP) is 18.9. The molecule has 0 radical (unpaired) electrons. The van der Waals surface area contributed by atoms with Crippen molar-refractivity contribution >= 4 is 52.7 Å². The Kier molecular flexibility index (Phi) is 36.9. The van der Waals surface area contributed by atoms with Gasteiger partial charge in [-0.05, 0) is 122 Å². The lowest BCUT2D eigenvalue weighted by Gasteiger charge is -2.28. The molecule has 552 valence electrons. The molecule has 3 N–H and O–H groups in total. The zero-order valence-corrected chi connectivity index (χ0v) is 58.6. The van der Waals surface area contributed by atoms with Gasteiger partial charge in [-0.3, -0.25) is 14.4 Å². The zero-order chi connectivity index (χ0) is 76.2. The van der Waals surface area contributed by atoms with Gasteiger partial charge in [-0.1, -0.05) is 126 Å². The maximum absolute atomic E-state index is 14.0. The highest BCUT2D eigenvalue weighted by Crippen LogP contribution is 2.36. The summed E-state index contributed by atoms with van der Waals surface area (Å²) < 4.78 is 180. The van der Waals surface area contributed by atoms with Crippen molar-refractivity contribution in [3.8, 4) is 0 Å². The minimum atomic E-state index is -2.03. The molecule has 0 aliphatic rings. The van der Waals surface area contributed by atoms with E-state index in [0.29, 0.717) is 60.7 Å². The van der Waals surface area contributed by atoms with E-state index in [-0.39, 0.29) is 76.4 Å². The van der Waals surface area contributed by atoms with Gasteiger partial charge in [0.05, 0.1) is 19.8 Å². The van der Waals surface area contributed by atoms with E-state index < -0.39 is 138 Å². The van der Waals surface area contributed by atoms with Crippen LogP contribution in [0.5, 0.6) is 0 Å². The first-order chi connectivity index (χ1) is 45.9. The summed E-state index contributed by atoms with van der Waals surface area (Å²) in [5, 5.41) is 15.8. The minimum Gasteiger partial charge on any atom is -0.462 e. The smallest absolute Gasteiger partial charge is 0.344 e. The second kappa shape index (κ2) is 41.2. The first-order valence-corrected chi connectivity index (χ1v) is 32.0. The summed E-state index contributed by atoms with van der Waals surface area (Å²) in [5.41, 5.74) is 13.6. The molecule has 3 aromatic carbocycles. The molecule has 0 bridgehead atoms. The molecule has 0 fully saturated rings. The summed E-state index contributed by atoms with van der Waals surface area (Å²) in [6.07, 6.45) is 6.53. The van der Waals surface area contributed by atoms with Gasteiger partial charge in [-0.25, -0.2) is 67.1 Å². The summed E-state index contributed by atoms with van der Waals surface area (Å²) in [7, 11) is 0. The standard InChI is InChI=1S/C24H34F4N4O3.2C21H28F4N4O3/c1-13(2)10-14(3)11-15(4)12-24(5,6)23(34)30-8-7-9-35-22(33)16-17(25)19(27)21(31-32-29)20(28)18(16)26;2*1-11(2)9-12(3)10-21(4,5)20(31)27-7-6-8-32-19(30)13-14(22)16(24)18(28-29-26)17(25)15(13)23/h13-15H,7-12H2,1-6H3,(H,30,34);2*11-12H,6-10H2,1-5H3,(H,27,31). The highest BCUT2D eigenvalue weighted by atomic mass is 19.2. The lowest BCUT2D eigenvalue weighted by molar-refractivity contribution is -0.131. The Hall–Kier alpha value is -8.43. The Labute approximate surface area is 567 Å². The number of hydrogen-bond donors (Lipinski definition) is 3. The molecule has 4 atom stereocenters. The summed E-state index contributed by atoms with van der Waals surface area (Å²) in [5.74, 6) is -26.3. The quantitative estimate of drug-likeness (QED) is 0.00735. The number of ether oxygens (including phenoxy) is 3. The molecular weight excluding hydrogens is 1330 g/mol. The number of halogens is 12. The summed E-state index contributed by atoms with van der Waals surface area (Å²) in [6, 6.07) is 0. The van der Waals surface area contributed by atoms with Crippen molar-refractivity contribution < 1.29 is 95.7 Å². The number of esters is 3. The van der Waals surface area contributed by atoms with Crippen LogP contribution < -0.4 is 16.0 Å². The van der Waals surface area contributed by atoms with E-state index in [0.717, 1.165) is 25.7 Å². The SMILES string of the molecule is CC(C)CC(C)CC(C)(C)C(=O)NCCCOC(=O)c1c(F)c(F)c(N=[N+]=[N-])c(F)c1F.CC(C)CC(C)CC(C)(C)C(=O)NCCCOC(=O)c1c(F)c(F)c(N=[N+]=[N-])c(F)c1F.CC(C)CC(C)CC(C)CC(C)(C)C(=O)NCCCOC(=O)c1c(F)c(F)c(N=[N+]=[N-])c(F)c1F. The first kappa shape index (κ1) is 88.6. The van der Waals surface area contributed by atoms with Crippen molar-refractivity contribution in [2.24, 2.45) is 73.0 Å². The number of nitrogens with one attached hydrogen (secondary N) is 3. The van der Waals surface area contributed by atoms with Gasteiger partial charge in [0, 0.05) is 50.6 Å². The maximum Gasteiger partial charge on any atom is 0.344 e. The second-order valence-electron chi connectivity index (χ2n) is 27.6. The molecule has 0 saturated heterocycles. The van der Waals surface area contributed by atoms with E-state index >= 15 is 0 Å². The number of carbonyl (C=O) groups excluding carboxylic acids is 6. The zero-order valence-electron chi connectivity index (χ0n) is 58.6. The van der Waals surface area contributed by atoms with Gasteiger partial charge >= 0.3 is 17.9 Å². The van der Waals surface area contributed by atoms with Crippen LogP contribution in [0, 0.1) is 127 Å². The fourth-order valence-corrected chi connectivity index (χ4v) is 11.4. The third-order valence-corrected chi connectivity index (χ3v) is 15.1. The molecule has 33 heteroatoms. The van der Waals surface area contributed by atoms with Crippen molar-refractivity contribution in [1.29, 1.82) is 0 Å². The van der Waals surface area contributed by atoms with E-state index in [1.807, 2.05) is 41.5 Å². The third-order valence-electron chi connectivity index (χ3n) is 15.1. The first-order valence-electron chi connectivity index (χ1n) is 32.0. The van der Waals surface area contributed by atoms with Gasteiger partial charge in [0.1, 0.15) is 33.8 Å². The van der Waals surface area contributed by atoms with E-state index in [1.54, 1.807) is 0 Å². The van der Waals surface area contributed by atoms with Crippen LogP contribution in [-0.4, -0.2) is 75.1 Å².